The van der Waals surface area contributed by atoms with Gasteiger partial charge in [0.2, 0.25) is 5.91 Å². The zero-order chi connectivity index (χ0) is 17.2. The smallest absolute Gasteiger partial charge is 0.324 e. The van der Waals surface area contributed by atoms with Gasteiger partial charge in [0.05, 0.1) is 19.7 Å². The lowest BCUT2D eigenvalue weighted by molar-refractivity contribution is -0.125. The number of hydrogen-bond donors (Lipinski definition) is 2. The van der Waals surface area contributed by atoms with Gasteiger partial charge in [-0.25, -0.2) is 4.79 Å². The zero-order valence-electron chi connectivity index (χ0n) is 13.7. The van der Waals surface area contributed by atoms with Crippen LogP contribution in [0.2, 0.25) is 0 Å². The molecule has 0 spiro atoms. The maximum Gasteiger partial charge on any atom is 0.324 e. The average molecular weight is 337 g/mol. The predicted octanol–water partition coefficient (Wildman–Crippen LogP) is 2.29. The van der Waals surface area contributed by atoms with Gasteiger partial charge in [0, 0.05) is 24.2 Å². The number of fused-ring (bicyclic) bond motifs is 1. The highest BCUT2D eigenvalue weighted by Gasteiger charge is 2.28. The fraction of sp³-hybridized carbons (Fsp3) is 0.263. The minimum Gasteiger partial charge on any atom is -0.493 e. The first kappa shape index (κ1) is 15.5. The molecule has 2 aromatic rings. The number of para-hydroxylation sites is 1. The maximum absolute atomic E-state index is 11.6. The molecule has 6 nitrogen and oxygen atoms in total. The number of urea groups is 1. The molecule has 4 rings (SSSR count). The Labute approximate surface area is 145 Å². The summed E-state index contributed by atoms with van der Waals surface area (Å²) in [5, 5.41) is 5.91. The minimum atomic E-state index is -0.329. The lowest BCUT2D eigenvalue weighted by Gasteiger charge is -2.13. The summed E-state index contributed by atoms with van der Waals surface area (Å²) in [6, 6.07) is 13.7. The molecule has 25 heavy (non-hydrogen) atoms. The number of hydrogen-bond acceptors (Lipinski definition) is 4. The largest absolute Gasteiger partial charge is 0.493 e. The first-order valence-electron chi connectivity index (χ1n) is 8.35. The molecule has 0 aliphatic carbocycles. The van der Waals surface area contributed by atoms with Crippen molar-refractivity contribution < 1.29 is 14.3 Å². The Hall–Kier alpha value is -3.02. The van der Waals surface area contributed by atoms with Gasteiger partial charge in [0.25, 0.3) is 0 Å². The van der Waals surface area contributed by atoms with Crippen LogP contribution in [0.4, 0.5) is 10.5 Å². The zero-order valence-corrected chi connectivity index (χ0v) is 13.7. The van der Waals surface area contributed by atoms with Crippen LogP contribution in [0.5, 0.6) is 5.75 Å². The molecule has 0 bridgehead atoms. The van der Waals surface area contributed by atoms with Crippen molar-refractivity contribution in [1.29, 1.82) is 0 Å². The third-order valence-electron chi connectivity index (χ3n) is 4.51. The lowest BCUT2D eigenvalue weighted by Crippen LogP contribution is -2.30. The molecular formula is C19H19N3O3. The number of nitrogens with one attached hydrogen (secondary N) is 2. The van der Waals surface area contributed by atoms with Crippen LogP contribution in [0.25, 0.3) is 0 Å². The van der Waals surface area contributed by atoms with Crippen LogP contribution < -0.4 is 15.4 Å². The van der Waals surface area contributed by atoms with Crippen LogP contribution in [0.1, 0.15) is 16.7 Å². The summed E-state index contributed by atoms with van der Waals surface area (Å²) >= 11 is 0. The van der Waals surface area contributed by atoms with E-state index in [-0.39, 0.29) is 18.5 Å². The Morgan fingerprint density at radius 2 is 1.96 bits per heavy atom. The maximum atomic E-state index is 11.6. The van der Waals surface area contributed by atoms with Crippen molar-refractivity contribution in [3.8, 4) is 5.75 Å². The summed E-state index contributed by atoms with van der Waals surface area (Å²) in [5.41, 5.74) is 4.32. The summed E-state index contributed by atoms with van der Waals surface area (Å²) in [7, 11) is 0. The third kappa shape index (κ3) is 3.15. The molecule has 0 atom stereocenters. The summed E-state index contributed by atoms with van der Waals surface area (Å²) < 4.78 is 5.72. The molecule has 2 aliphatic heterocycles. The second kappa shape index (κ2) is 6.47. The molecule has 2 N–H and O–H groups in total. The SMILES string of the molecule is O=C1CNC(=O)N1Cc1ccc(NCc2cccc3c2OCC3)cc1. The van der Waals surface area contributed by atoms with Gasteiger partial charge in [-0.15, -0.1) is 0 Å². The van der Waals surface area contributed by atoms with Crippen LogP contribution in [0, 0.1) is 0 Å². The van der Waals surface area contributed by atoms with Gasteiger partial charge in [-0.1, -0.05) is 30.3 Å². The number of ether oxygens (including phenoxy) is 1. The van der Waals surface area contributed by atoms with Gasteiger partial charge < -0.3 is 15.4 Å². The third-order valence-corrected chi connectivity index (χ3v) is 4.51. The van der Waals surface area contributed by atoms with Crippen molar-refractivity contribution in [3.63, 3.8) is 0 Å². The first-order chi connectivity index (χ1) is 12.2. The molecule has 3 amide bonds. The van der Waals surface area contributed by atoms with Crippen molar-refractivity contribution in [1.82, 2.24) is 10.2 Å². The summed E-state index contributed by atoms with van der Waals surface area (Å²) in [6.45, 7) is 1.83. The van der Waals surface area contributed by atoms with E-state index in [9.17, 15) is 9.59 Å². The van der Waals surface area contributed by atoms with Crippen LogP contribution in [0.3, 0.4) is 0 Å². The van der Waals surface area contributed by atoms with Crippen LogP contribution >= 0.6 is 0 Å². The number of carbonyl (C=O) groups is 2. The minimum absolute atomic E-state index is 0.0853. The molecule has 1 saturated heterocycles. The molecule has 0 saturated carbocycles. The van der Waals surface area contributed by atoms with E-state index >= 15 is 0 Å². The van der Waals surface area contributed by atoms with Crippen molar-refractivity contribution in [2.45, 2.75) is 19.5 Å². The summed E-state index contributed by atoms with van der Waals surface area (Å²) in [4.78, 5) is 24.4. The first-order valence-corrected chi connectivity index (χ1v) is 8.35. The summed E-state index contributed by atoms with van der Waals surface area (Å²) in [6.07, 6.45) is 0.973. The second-order valence-electron chi connectivity index (χ2n) is 6.19. The van der Waals surface area contributed by atoms with Gasteiger partial charge in [0.15, 0.2) is 0 Å². The van der Waals surface area contributed by atoms with Gasteiger partial charge in [-0.05, 0) is 23.3 Å². The Morgan fingerprint density at radius 3 is 2.72 bits per heavy atom. The standard InChI is InChI=1S/C19H19N3O3/c23-17-11-21-19(24)22(17)12-13-4-6-16(7-5-13)20-10-15-3-1-2-14-8-9-25-18(14)15/h1-7,20H,8-12H2,(H,21,24). The van der Waals surface area contributed by atoms with Crippen molar-refractivity contribution in [2.75, 3.05) is 18.5 Å². The Morgan fingerprint density at radius 1 is 1.12 bits per heavy atom. The fourth-order valence-corrected chi connectivity index (χ4v) is 3.15. The van der Waals surface area contributed by atoms with Crippen molar-refractivity contribution in [3.05, 3.63) is 59.2 Å². The van der Waals surface area contributed by atoms with E-state index in [4.69, 9.17) is 4.74 Å². The average Bonchev–Trinajstić information content (AvgIpc) is 3.23. The number of imide groups is 1. The highest BCUT2D eigenvalue weighted by molar-refractivity contribution is 6.01. The lowest BCUT2D eigenvalue weighted by atomic mass is 10.1. The number of nitrogens with zero attached hydrogens (tertiary/aromatic N) is 1. The number of amides is 3. The van der Waals surface area contributed by atoms with E-state index in [1.165, 1.54) is 10.5 Å². The van der Waals surface area contributed by atoms with E-state index in [0.717, 1.165) is 35.6 Å². The predicted molar refractivity (Wildman–Crippen MR) is 93.4 cm³/mol. The molecule has 0 aromatic heterocycles. The molecule has 0 unspecified atom stereocenters. The van der Waals surface area contributed by atoms with Crippen LogP contribution in [0.15, 0.2) is 42.5 Å². The highest BCUT2D eigenvalue weighted by Crippen LogP contribution is 2.29. The molecule has 128 valence electrons. The molecule has 0 radical (unpaired) electrons. The van der Waals surface area contributed by atoms with Gasteiger partial charge in [-0.2, -0.15) is 0 Å². The number of anilines is 1. The van der Waals surface area contributed by atoms with Gasteiger partial charge in [-0.3, -0.25) is 9.69 Å². The van der Waals surface area contributed by atoms with Gasteiger partial charge >= 0.3 is 6.03 Å². The van der Waals surface area contributed by atoms with E-state index in [1.807, 2.05) is 24.3 Å². The number of carbonyl (C=O) groups excluding carboxylic acids is 2. The number of rotatable bonds is 5. The monoisotopic (exact) mass is 337 g/mol. The molecule has 1 fully saturated rings. The Balaban J connectivity index is 1.39. The Bertz CT molecular complexity index is 801. The topological polar surface area (TPSA) is 70.7 Å². The van der Waals surface area contributed by atoms with E-state index in [2.05, 4.69) is 28.8 Å². The molecular weight excluding hydrogens is 318 g/mol. The Kier molecular flexibility index (Phi) is 4.01. The quantitative estimate of drug-likeness (QED) is 0.821. The molecule has 2 aromatic carbocycles. The number of benzene rings is 2. The van der Waals surface area contributed by atoms with Crippen LogP contribution in [-0.2, 0) is 24.3 Å². The highest BCUT2D eigenvalue weighted by atomic mass is 16.5. The van der Waals surface area contributed by atoms with E-state index in [0.29, 0.717) is 13.1 Å². The van der Waals surface area contributed by atoms with Crippen LogP contribution in [-0.4, -0.2) is 30.0 Å². The fourth-order valence-electron chi connectivity index (χ4n) is 3.15. The summed E-state index contributed by atoms with van der Waals surface area (Å²) in [5.74, 6) is 0.815. The van der Waals surface area contributed by atoms with Gasteiger partial charge in [0.1, 0.15) is 5.75 Å². The van der Waals surface area contributed by atoms with Crippen molar-refractivity contribution >= 4 is 17.6 Å². The molecule has 2 aliphatic rings. The molecule has 6 heteroatoms. The van der Waals surface area contributed by atoms with E-state index in [1.54, 1.807) is 0 Å². The second-order valence-corrected chi connectivity index (χ2v) is 6.19. The van der Waals surface area contributed by atoms with E-state index < -0.39 is 0 Å². The van der Waals surface area contributed by atoms with Crippen molar-refractivity contribution in [2.24, 2.45) is 0 Å². The normalized spacial score (nSPS) is 15.8. The molecule has 2 heterocycles.